The monoisotopic (exact) mass is 337 g/mol. The molecule has 2 aliphatic heterocycles. The number of β-lactam (4-membered cyclic amide) rings is 1. The molecule has 3 heterocycles. The molecule has 1 atom stereocenters. The van der Waals surface area contributed by atoms with Gasteiger partial charge in [0.15, 0.2) is 0 Å². The Balaban J connectivity index is 1.43. The highest BCUT2D eigenvalue weighted by molar-refractivity contribution is 5.97. The number of pyridine rings is 1. The molecular formula is C20H23N3O2. The normalized spacial score (nSPS) is 23.2. The number of hydrogen-bond donors (Lipinski definition) is 1. The average molecular weight is 337 g/mol. The molecule has 0 radical (unpaired) electrons. The van der Waals surface area contributed by atoms with Gasteiger partial charge in [-0.1, -0.05) is 18.2 Å². The summed E-state index contributed by atoms with van der Waals surface area (Å²) in [6.45, 7) is 5.49. The van der Waals surface area contributed by atoms with Gasteiger partial charge in [0.05, 0.1) is 16.5 Å². The van der Waals surface area contributed by atoms with E-state index in [0.717, 1.165) is 36.8 Å². The molecule has 1 N–H and O–H groups in total. The van der Waals surface area contributed by atoms with E-state index in [4.69, 9.17) is 0 Å². The summed E-state index contributed by atoms with van der Waals surface area (Å²) >= 11 is 0. The van der Waals surface area contributed by atoms with Crippen molar-refractivity contribution >= 4 is 22.7 Å². The van der Waals surface area contributed by atoms with Gasteiger partial charge in [0.25, 0.3) is 5.91 Å². The largest absolute Gasteiger partial charge is 0.351 e. The number of fused-ring (bicyclic) bond motifs is 1. The van der Waals surface area contributed by atoms with Gasteiger partial charge in [-0.15, -0.1) is 0 Å². The molecule has 25 heavy (non-hydrogen) atoms. The van der Waals surface area contributed by atoms with Crippen LogP contribution in [0.15, 0.2) is 36.5 Å². The van der Waals surface area contributed by atoms with Gasteiger partial charge in [-0.2, -0.15) is 0 Å². The fourth-order valence-electron chi connectivity index (χ4n) is 4.08. The van der Waals surface area contributed by atoms with Crippen LogP contribution in [-0.4, -0.2) is 40.8 Å². The third-order valence-corrected chi connectivity index (χ3v) is 5.78. The highest BCUT2D eigenvalue weighted by Crippen LogP contribution is 2.38. The number of para-hydroxylation sites is 1. The topological polar surface area (TPSA) is 62.3 Å². The zero-order chi connectivity index (χ0) is 17.6. The SMILES string of the molecule is CC1(C)C(=O)N[C@@H]1C1CCN(C(=O)c2cnc3ccccc3c2)CC1. The number of nitrogens with zero attached hydrogens (tertiary/aromatic N) is 2. The van der Waals surface area contributed by atoms with E-state index in [1.165, 1.54) is 0 Å². The highest BCUT2D eigenvalue weighted by atomic mass is 16.2. The van der Waals surface area contributed by atoms with Crippen molar-refractivity contribution in [3.8, 4) is 0 Å². The van der Waals surface area contributed by atoms with Crippen molar-refractivity contribution in [3.05, 3.63) is 42.1 Å². The first-order valence-electron chi connectivity index (χ1n) is 8.92. The molecule has 0 aliphatic carbocycles. The van der Waals surface area contributed by atoms with Crippen molar-refractivity contribution in [2.45, 2.75) is 32.7 Å². The number of aromatic nitrogens is 1. The summed E-state index contributed by atoms with van der Waals surface area (Å²) in [6, 6.07) is 9.99. The Morgan fingerprint density at radius 3 is 2.64 bits per heavy atom. The molecule has 0 spiro atoms. The zero-order valence-electron chi connectivity index (χ0n) is 14.7. The minimum Gasteiger partial charge on any atom is -0.351 e. The molecule has 2 aromatic rings. The Kier molecular flexibility index (Phi) is 3.74. The maximum atomic E-state index is 12.8. The van der Waals surface area contributed by atoms with Gasteiger partial charge in [-0.25, -0.2) is 0 Å². The maximum Gasteiger partial charge on any atom is 0.255 e. The molecular weight excluding hydrogens is 314 g/mol. The molecule has 1 aromatic heterocycles. The molecule has 1 aromatic carbocycles. The first-order chi connectivity index (χ1) is 12.0. The number of carbonyl (C=O) groups is 2. The number of benzene rings is 1. The first kappa shape index (κ1) is 16.1. The maximum absolute atomic E-state index is 12.8. The second kappa shape index (κ2) is 5.83. The second-order valence-corrected chi connectivity index (χ2v) is 7.72. The summed E-state index contributed by atoms with van der Waals surface area (Å²) in [5, 5.41) is 4.03. The predicted octanol–water partition coefficient (Wildman–Crippen LogP) is 2.61. The van der Waals surface area contributed by atoms with Gasteiger partial charge in [-0.3, -0.25) is 14.6 Å². The molecule has 0 saturated carbocycles. The number of piperidine rings is 1. The molecule has 4 rings (SSSR count). The lowest BCUT2D eigenvalue weighted by Gasteiger charge is -2.50. The Hall–Kier alpha value is -2.43. The Morgan fingerprint density at radius 1 is 1.24 bits per heavy atom. The highest BCUT2D eigenvalue weighted by Gasteiger charge is 2.51. The molecule has 130 valence electrons. The van der Waals surface area contributed by atoms with Gasteiger partial charge in [-0.05, 0) is 44.7 Å². The van der Waals surface area contributed by atoms with Gasteiger partial charge in [0, 0.05) is 30.7 Å². The van der Waals surface area contributed by atoms with E-state index in [1.54, 1.807) is 6.20 Å². The number of rotatable bonds is 2. The molecule has 2 amide bonds. The quantitative estimate of drug-likeness (QED) is 0.857. The van der Waals surface area contributed by atoms with Crippen LogP contribution in [0.3, 0.4) is 0 Å². The summed E-state index contributed by atoms with van der Waals surface area (Å²) in [5.74, 6) is 0.637. The fourth-order valence-corrected chi connectivity index (χ4v) is 4.08. The zero-order valence-corrected chi connectivity index (χ0v) is 14.7. The number of amides is 2. The van der Waals surface area contributed by atoms with E-state index in [2.05, 4.69) is 10.3 Å². The molecule has 2 saturated heterocycles. The molecule has 2 fully saturated rings. The van der Waals surface area contributed by atoms with Crippen molar-refractivity contribution in [1.29, 1.82) is 0 Å². The van der Waals surface area contributed by atoms with Crippen LogP contribution in [0.4, 0.5) is 0 Å². The smallest absolute Gasteiger partial charge is 0.255 e. The van der Waals surface area contributed by atoms with Crippen molar-refractivity contribution in [3.63, 3.8) is 0 Å². The summed E-state index contributed by atoms with van der Waals surface area (Å²) in [4.78, 5) is 30.8. The molecule has 0 unspecified atom stereocenters. The Labute approximate surface area is 147 Å². The van der Waals surface area contributed by atoms with Gasteiger partial charge < -0.3 is 10.2 Å². The van der Waals surface area contributed by atoms with E-state index < -0.39 is 0 Å². The summed E-state index contributed by atoms with van der Waals surface area (Å²) in [7, 11) is 0. The average Bonchev–Trinajstić information content (AvgIpc) is 2.65. The van der Waals surface area contributed by atoms with Crippen LogP contribution in [0.25, 0.3) is 10.9 Å². The summed E-state index contributed by atoms with van der Waals surface area (Å²) in [6.07, 6.45) is 3.54. The van der Waals surface area contributed by atoms with Gasteiger partial charge in [0.2, 0.25) is 5.91 Å². The molecule has 5 heteroatoms. The van der Waals surface area contributed by atoms with E-state index in [9.17, 15) is 9.59 Å². The second-order valence-electron chi connectivity index (χ2n) is 7.72. The standard InChI is InChI=1S/C20H23N3O2/c1-20(2)17(22-19(20)25)13-7-9-23(10-8-13)18(24)15-11-14-5-3-4-6-16(14)21-12-15/h3-6,11-13,17H,7-10H2,1-2H3,(H,22,25)/t17-/m1/s1. The van der Waals surface area contributed by atoms with E-state index >= 15 is 0 Å². The van der Waals surface area contributed by atoms with Crippen LogP contribution in [0.1, 0.15) is 37.0 Å². The lowest BCUT2D eigenvalue weighted by molar-refractivity contribution is -0.146. The number of nitrogens with one attached hydrogen (secondary N) is 1. The van der Waals surface area contributed by atoms with E-state index in [1.807, 2.05) is 49.1 Å². The molecule has 0 bridgehead atoms. The first-order valence-corrected chi connectivity index (χ1v) is 8.92. The summed E-state index contributed by atoms with van der Waals surface area (Å²) < 4.78 is 0. The van der Waals surface area contributed by atoms with Gasteiger partial charge in [0.1, 0.15) is 0 Å². The number of likely N-dealkylation sites (tertiary alicyclic amines) is 1. The molecule has 2 aliphatic rings. The fraction of sp³-hybridized carbons (Fsp3) is 0.450. The predicted molar refractivity (Wildman–Crippen MR) is 96.1 cm³/mol. The van der Waals surface area contributed by atoms with Gasteiger partial charge >= 0.3 is 0 Å². The van der Waals surface area contributed by atoms with Crippen LogP contribution in [-0.2, 0) is 4.79 Å². The minimum absolute atomic E-state index is 0.0496. The van der Waals surface area contributed by atoms with Crippen LogP contribution in [0, 0.1) is 11.3 Å². The van der Waals surface area contributed by atoms with E-state index in [-0.39, 0.29) is 23.3 Å². The van der Waals surface area contributed by atoms with Crippen LogP contribution in [0.5, 0.6) is 0 Å². The van der Waals surface area contributed by atoms with Crippen LogP contribution >= 0.6 is 0 Å². The van der Waals surface area contributed by atoms with Crippen molar-refractivity contribution in [2.75, 3.05) is 13.1 Å². The lowest BCUT2D eigenvalue weighted by Crippen LogP contribution is -2.68. The van der Waals surface area contributed by atoms with E-state index in [0.29, 0.717) is 11.5 Å². The van der Waals surface area contributed by atoms with Crippen molar-refractivity contribution in [2.24, 2.45) is 11.3 Å². The molecule has 5 nitrogen and oxygen atoms in total. The minimum atomic E-state index is -0.279. The summed E-state index contributed by atoms with van der Waals surface area (Å²) in [5.41, 5.74) is 1.27. The van der Waals surface area contributed by atoms with Crippen LogP contribution in [0.2, 0.25) is 0 Å². The Bertz CT molecular complexity index is 838. The third-order valence-electron chi connectivity index (χ3n) is 5.78. The Morgan fingerprint density at radius 2 is 1.96 bits per heavy atom. The van der Waals surface area contributed by atoms with Crippen LogP contribution < -0.4 is 5.32 Å². The van der Waals surface area contributed by atoms with Crippen molar-refractivity contribution < 1.29 is 9.59 Å². The number of hydrogen-bond acceptors (Lipinski definition) is 3. The number of carbonyl (C=O) groups excluding carboxylic acids is 2. The lowest BCUT2D eigenvalue weighted by atomic mass is 9.68. The van der Waals surface area contributed by atoms with Crippen molar-refractivity contribution in [1.82, 2.24) is 15.2 Å². The third kappa shape index (κ3) is 2.68.